The van der Waals surface area contributed by atoms with Crippen molar-refractivity contribution in [2.24, 2.45) is 0 Å². The third kappa shape index (κ3) is 3.87. The van der Waals surface area contributed by atoms with Crippen LogP contribution < -0.4 is 5.32 Å². The molecule has 1 saturated carbocycles. The van der Waals surface area contributed by atoms with Crippen LogP contribution in [0.2, 0.25) is 0 Å². The van der Waals surface area contributed by atoms with E-state index in [-0.39, 0.29) is 5.60 Å². The number of benzene rings is 1. The van der Waals surface area contributed by atoms with Gasteiger partial charge in [0.2, 0.25) is 0 Å². The zero-order chi connectivity index (χ0) is 14.5. The lowest BCUT2D eigenvalue weighted by atomic mass is 9.88. The van der Waals surface area contributed by atoms with E-state index in [1.165, 1.54) is 50.5 Å². The highest BCUT2D eigenvalue weighted by Gasteiger charge is 2.39. The lowest BCUT2D eigenvalue weighted by molar-refractivity contribution is -0.0835. The van der Waals surface area contributed by atoms with E-state index in [0.717, 1.165) is 13.2 Å². The molecule has 0 aromatic heterocycles. The van der Waals surface area contributed by atoms with Crippen LogP contribution in [0, 0.1) is 0 Å². The lowest BCUT2D eigenvalue weighted by Crippen LogP contribution is -2.45. The van der Waals surface area contributed by atoms with E-state index in [1.807, 2.05) is 0 Å². The molecule has 21 heavy (non-hydrogen) atoms. The van der Waals surface area contributed by atoms with Gasteiger partial charge in [0, 0.05) is 12.6 Å². The zero-order valence-corrected chi connectivity index (χ0v) is 13.3. The van der Waals surface area contributed by atoms with Crippen molar-refractivity contribution in [3.8, 4) is 0 Å². The molecule has 2 atom stereocenters. The molecule has 1 heterocycles. The Morgan fingerprint density at radius 2 is 2.00 bits per heavy atom. The van der Waals surface area contributed by atoms with Crippen LogP contribution in [-0.4, -0.2) is 24.8 Å². The summed E-state index contributed by atoms with van der Waals surface area (Å²) < 4.78 is 6.11. The quantitative estimate of drug-likeness (QED) is 0.873. The van der Waals surface area contributed by atoms with E-state index in [4.69, 9.17) is 4.74 Å². The van der Waals surface area contributed by atoms with E-state index in [0.29, 0.717) is 12.0 Å². The largest absolute Gasteiger partial charge is 0.375 e. The van der Waals surface area contributed by atoms with Crippen LogP contribution in [0.25, 0.3) is 0 Å². The van der Waals surface area contributed by atoms with Gasteiger partial charge in [0.1, 0.15) is 0 Å². The third-order valence-electron chi connectivity index (χ3n) is 5.39. The molecular weight excluding hydrogens is 258 g/mol. The zero-order valence-electron chi connectivity index (χ0n) is 13.3. The van der Waals surface area contributed by atoms with Crippen molar-refractivity contribution in [1.29, 1.82) is 0 Å². The summed E-state index contributed by atoms with van der Waals surface area (Å²) in [5, 5.41) is 3.79. The van der Waals surface area contributed by atoms with Gasteiger partial charge in [-0.1, -0.05) is 50.1 Å². The molecule has 1 aromatic carbocycles. The minimum atomic E-state index is 0.237. The fourth-order valence-corrected chi connectivity index (χ4v) is 4.02. The molecule has 1 saturated heterocycles. The van der Waals surface area contributed by atoms with Gasteiger partial charge in [-0.15, -0.1) is 0 Å². The Hall–Kier alpha value is -0.860. The molecule has 2 fully saturated rings. The summed E-state index contributed by atoms with van der Waals surface area (Å²) >= 11 is 0. The molecule has 3 rings (SSSR count). The van der Waals surface area contributed by atoms with Crippen molar-refractivity contribution in [3.63, 3.8) is 0 Å². The Bertz CT molecular complexity index is 424. The first-order valence-corrected chi connectivity index (χ1v) is 8.70. The Balaban J connectivity index is 1.43. The highest BCUT2D eigenvalue weighted by Crippen LogP contribution is 2.39. The summed E-state index contributed by atoms with van der Waals surface area (Å²) in [6.07, 6.45) is 8.91. The van der Waals surface area contributed by atoms with Gasteiger partial charge in [-0.2, -0.15) is 0 Å². The van der Waals surface area contributed by atoms with Crippen molar-refractivity contribution in [2.45, 2.75) is 69.4 Å². The molecule has 0 bridgehead atoms. The maximum Gasteiger partial charge on any atom is 0.0697 e. The number of rotatable bonds is 5. The molecule has 2 aliphatic rings. The predicted octanol–water partition coefficient (Wildman–Crippen LogP) is 4.26. The first-order chi connectivity index (χ1) is 10.3. The monoisotopic (exact) mass is 287 g/mol. The maximum atomic E-state index is 6.11. The van der Waals surface area contributed by atoms with Crippen LogP contribution >= 0.6 is 0 Å². The fourth-order valence-electron chi connectivity index (χ4n) is 4.02. The second kappa shape index (κ2) is 6.93. The van der Waals surface area contributed by atoms with Crippen molar-refractivity contribution >= 4 is 0 Å². The molecule has 116 valence electrons. The van der Waals surface area contributed by atoms with E-state index in [1.54, 1.807) is 0 Å². The van der Waals surface area contributed by atoms with Gasteiger partial charge in [0.25, 0.3) is 0 Å². The van der Waals surface area contributed by atoms with Crippen LogP contribution in [0.1, 0.15) is 63.4 Å². The summed E-state index contributed by atoms with van der Waals surface area (Å²) in [5.74, 6) is 0.638. The average Bonchev–Trinajstić information content (AvgIpc) is 2.96. The van der Waals surface area contributed by atoms with E-state index in [2.05, 4.69) is 42.6 Å². The molecule has 1 N–H and O–H groups in total. The van der Waals surface area contributed by atoms with Crippen molar-refractivity contribution in [1.82, 2.24) is 5.32 Å². The Kier molecular flexibility index (Phi) is 4.97. The molecule has 1 spiro atoms. The average molecular weight is 287 g/mol. The van der Waals surface area contributed by atoms with Gasteiger partial charge in [-0.05, 0) is 50.1 Å². The molecule has 2 heteroatoms. The SMILES string of the molecule is CC(CCNC1CCOC2(CCCC2)C1)c1ccccc1. The summed E-state index contributed by atoms with van der Waals surface area (Å²) in [5.41, 5.74) is 1.69. The molecule has 2 unspecified atom stereocenters. The molecule has 1 aliphatic heterocycles. The van der Waals surface area contributed by atoms with Gasteiger partial charge >= 0.3 is 0 Å². The third-order valence-corrected chi connectivity index (χ3v) is 5.39. The number of hydrogen-bond acceptors (Lipinski definition) is 2. The first kappa shape index (κ1) is 15.1. The second-order valence-corrected chi connectivity index (χ2v) is 6.98. The minimum absolute atomic E-state index is 0.237. The fraction of sp³-hybridized carbons (Fsp3) is 0.684. The van der Waals surface area contributed by atoms with Gasteiger partial charge < -0.3 is 10.1 Å². The Morgan fingerprint density at radius 3 is 2.76 bits per heavy atom. The summed E-state index contributed by atoms with van der Waals surface area (Å²) in [6.45, 7) is 4.40. The topological polar surface area (TPSA) is 21.3 Å². The van der Waals surface area contributed by atoms with Gasteiger partial charge in [-0.3, -0.25) is 0 Å². The van der Waals surface area contributed by atoms with Crippen LogP contribution in [0.15, 0.2) is 30.3 Å². The first-order valence-electron chi connectivity index (χ1n) is 8.70. The molecular formula is C19H29NO. The van der Waals surface area contributed by atoms with E-state index >= 15 is 0 Å². The highest BCUT2D eigenvalue weighted by atomic mass is 16.5. The normalized spacial score (nSPS) is 26.0. The molecule has 2 nitrogen and oxygen atoms in total. The summed E-state index contributed by atoms with van der Waals surface area (Å²) in [6, 6.07) is 11.5. The summed E-state index contributed by atoms with van der Waals surface area (Å²) in [4.78, 5) is 0. The summed E-state index contributed by atoms with van der Waals surface area (Å²) in [7, 11) is 0. The molecule has 0 amide bonds. The predicted molar refractivity (Wildman–Crippen MR) is 87.6 cm³/mol. The van der Waals surface area contributed by atoms with E-state index < -0.39 is 0 Å². The molecule has 0 radical (unpaired) electrons. The van der Waals surface area contributed by atoms with Crippen molar-refractivity contribution < 1.29 is 4.74 Å². The van der Waals surface area contributed by atoms with Gasteiger partial charge in [0.15, 0.2) is 0 Å². The van der Waals surface area contributed by atoms with Crippen LogP contribution in [0.5, 0.6) is 0 Å². The Labute approximate surface area is 129 Å². The highest BCUT2D eigenvalue weighted by molar-refractivity contribution is 5.18. The smallest absolute Gasteiger partial charge is 0.0697 e. The standard InChI is InChI=1S/C19H29NO/c1-16(17-7-3-2-4-8-17)9-13-20-18-10-14-21-19(15-18)11-5-6-12-19/h2-4,7-8,16,18,20H,5-6,9-15H2,1H3. The second-order valence-electron chi connectivity index (χ2n) is 6.98. The van der Waals surface area contributed by atoms with Gasteiger partial charge in [-0.25, -0.2) is 0 Å². The Morgan fingerprint density at radius 1 is 1.24 bits per heavy atom. The van der Waals surface area contributed by atoms with Crippen molar-refractivity contribution in [3.05, 3.63) is 35.9 Å². The van der Waals surface area contributed by atoms with Gasteiger partial charge in [0.05, 0.1) is 5.60 Å². The number of ether oxygens (including phenoxy) is 1. The van der Waals surface area contributed by atoms with Crippen LogP contribution in [0.4, 0.5) is 0 Å². The number of nitrogens with one attached hydrogen (secondary N) is 1. The van der Waals surface area contributed by atoms with Crippen molar-refractivity contribution in [2.75, 3.05) is 13.2 Å². The maximum absolute atomic E-state index is 6.11. The van der Waals surface area contributed by atoms with E-state index in [9.17, 15) is 0 Å². The molecule has 1 aromatic rings. The number of hydrogen-bond donors (Lipinski definition) is 1. The minimum Gasteiger partial charge on any atom is -0.375 e. The molecule has 1 aliphatic carbocycles. The van der Waals surface area contributed by atoms with Crippen LogP contribution in [-0.2, 0) is 4.74 Å². The lowest BCUT2D eigenvalue weighted by Gasteiger charge is -2.38. The van der Waals surface area contributed by atoms with Crippen LogP contribution in [0.3, 0.4) is 0 Å².